The average molecular weight is 240 g/mol. The highest BCUT2D eigenvalue weighted by molar-refractivity contribution is 5.88. The van der Waals surface area contributed by atoms with E-state index in [9.17, 15) is 4.79 Å². The molecule has 17 heavy (non-hydrogen) atoms. The molecule has 0 N–H and O–H groups in total. The van der Waals surface area contributed by atoms with Crippen LogP contribution in [0.1, 0.15) is 19.8 Å². The number of hydrogen-bond donors (Lipinski definition) is 0. The third kappa shape index (κ3) is 3.07. The number of carbonyl (C=O) groups is 1. The Morgan fingerprint density at radius 3 is 3.06 bits per heavy atom. The first-order valence-corrected chi connectivity index (χ1v) is 6.20. The molecular formula is C13H20O4. The Hall–Kier alpha value is -0.870. The average Bonchev–Trinajstić information content (AvgIpc) is 3.08. The van der Waals surface area contributed by atoms with Crippen LogP contribution in [0.25, 0.3) is 0 Å². The Morgan fingerprint density at radius 1 is 1.53 bits per heavy atom. The van der Waals surface area contributed by atoms with Gasteiger partial charge in [-0.2, -0.15) is 0 Å². The molecule has 2 aliphatic rings. The second-order valence-corrected chi connectivity index (χ2v) is 4.72. The summed E-state index contributed by atoms with van der Waals surface area (Å²) in [6, 6.07) is 0. The maximum Gasteiger partial charge on any atom is 0.333 e. The third-order valence-electron chi connectivity index (χ3n) is 3.47. The van der Waals surface area contributed by atoms with Crippen LogP contribution in [0.2, 0.25) is 0 Å². The summed E-state index contributed by atoms with van der Waals surface area (Å²) in [7, 11) is 1.61. The maximum absolute atomic E-state index is 11.7. The molecule has 2 aliphatic carbocycles. The summed E-state index contributed by atoms with van der Waals surface area (Å²) in [6.07, 6.45) is 4.13. The zero-order valence-corrected chi connectivity index (χ0v) is 10.5. The van der Waals surface area contributed by atoms with Crippen LogP contribution in [0.4, 0.5) is 0 Å². The molecule has 0 aromatic rings. The van der Waals surface area contributed by atoms with Crippen molar-refractivity contribution in [2.45, 2.75) is 19.8 Å². The first kappa shape index (κ1) is 12.6. The molecule has 96 valence electrons. The van der Waals surface area contributed by atoms with Crippen LogP contribution in [0, 0.1) is 17.8 Å². The number of esters is 1. The molecule has 0 saturated heterocycles. The number of hydrogen-bond acceptors (Lipinski definition) is 4. The Labute approximate surface area is 102 Å². The second kappa shape index (κ2) is 5.65. The van der Waals surface area contributed by atoms with E-state index < -0.39 is 0 Å². The van der Waals surface area contributed by atoms with Gasteiger partial charge < -0.3 is 14.2 Å². The molecule has 1 saturated carbocycles. The normalized spacial score (nSPS) is 30.5. The van der Waals surface area contributed by atoms with Gasteiger partial charge in [-0.1, -0.05) is 6.08 Å². The van der Waals surface area contributed by atoms with Crippen LogP contribution < -0.4 is 0 Å². The number of methoxy groups -OCH3 is 1. The largest absolute Gasteiger partial charge is 0.463 e. The van der Waals surface area contributed by atoms with Gasteiger partial charge in [0.1, 0.15) is 6.79 Å². The van der Waals surface area contributed by atoms with Gasteiger partial charge in [0.05, 0.1) is 13.2 Å². The fourth-order valence-corrected chi connectivity index (χ4v) is 2.58. The SMILES string of the molecule is CCOC(=O)C1=C[C@@H](COCOC)[C@@H]2CC2C1. The molecule has 1 unspecified atom stereocenters. The van der Waals surface area contributed by atoms with Gasteiger partial charge in [0.15, 0.2) is 0 Å². The smallest absolute Gasteiger partial charge is 0.333 e. The van der Waals surface area contributed by atoms with E-state index in [0.29, 0.717) is 37.8 Å². The van der Waals surface area contributed by atoms with Crippen LogP contribution in [-0.2, 0) is 19.0 Å². The van der Waals surface area contributed by atoms with E-state index in [-0.39, 0.29) is 5.97 Å². The van der Waals surface area contributed by atoms with Crippen molar-refractivity contribution in [3.05, 3.63) is 11.6 Å². The maximum atomic E-state index is 11.7. The van der Waals surface area contributed by atoms with E-state index in [4.69, 9.17) is 14.2 Å². The second-order valence-electron chi connectivity index (χ2n) is 4.72. The van der Waals surface area contributed by atoms with Gasteiger partial charge >= 0.3 is 5.97 Å². The molecule has 4 nitrogen and oxygen atoms in total. The molecule has 0 spiro atoms. The molecule has 3 atom stereocenters. The van der Waals surface area contributed by atoms with Crippen LogP contribution >= 0.6 is 0 Å². The number of rotatable bonds is 6. The van der Waals surface area contributed by atoms with Crippen molar-refractivity contribution in [3.63, 3.8) is 0 Å². The van der Waals surface area contributed by atoms with Gasteiger partial charge in [-0.15, -0.1) is 0 Å². The molecular weight excluding hydrogens is 220 g/mol. The quantitative estimate of drug-likeness (QED) is 0.403. The highest BCUT2D eigenvalue weighted by Gasteiger charge is 2.46. The number of fused-ring (bicyclic) bond motifs is 1. The minimum absolute atomic E-state index is 0.158. The highest BCUT2D eigenvalue weighted by Crippen LogP contribution is 2.52. The van der Waals surface area contributed by atoms with Crippen molar-refractivity contribution in [2.24, 2.45) is 17.8 Å². The summed E-state index contributed by atoms with van der Waals surface area (Å²) in [5, 5.41) is 0. The molecule has 2 rings (SSSR count). The summed E-state index contributed by atoms with van der Waals surface area (Å²) >= 11 is 0. The Morgan fingerprint density at radius 2 is 2.35 bits per heavy atom. The summed E-state index contributed by atoms with van der Waals surface area (Å²) in [6.45, 7) is 3.23. The van der Waals surface area contributed by atoms with E-state index in [1.54, 1.807) is 7.11 Å². The molecule has 0 aliphatic heterocycles. The van der Waals surface area contributed by atoms with Gasteiger partial charge in [0, 0.05) is 18.6 Å². The fraction of sp³-hybridized carbons (Fsp3) is 0.769. The van der Waals surface area contributed by atoms with Crippen LogP contribution in [0.5, 0.6) is 0 Å². The van der Waals surface area contributed by atoms with Crippen molar-refractivity contribution >= 4 is 5.97 Å². The first-order valence-electron chi connectivity index (χ1n) is 6.20. The van der Waals surface area contributed by atoms with Gasteiger partial charge in [-0.25, -0.2) is 4.79 Å². The van der Waals surface area contributed by atoms with Crippen molar-refractivity contribution in [2.75, 3.05) is 27.1 Å². The summed E-state index contributed by atoms with van der Waals surface area (Å²) in [4.78, 5) is 11.7. The van der Waals surface area contributed by atoms with Gasteiger partial charge in [-0.05, 0) is 31.6 Å². The van der Waals surface area contributed by atoms with Gasteiger partial charge in [0.2, 0.25) is 0 Å². The summed E-state index contributed by atoms with van der Waals surface area (Å²) < 4.78 is 15.3. The lowest BCUT2D eigenvalue weighted by Gasteiger charge is -2.19. The van der Waals surface area contributed by atoms with Crippen molar-refractivity contribution < 1.29 is 19.0 Å². The van der Waals surface area contributed by atoms with E-state index in [0.717, 1.165) is 12.0 Å². The highest BCUT2D eigenvalue weighted by atomic mass is 16.7. The molecule has 1 fully saturated rings. The first-order chi connectivity index (χ1) is 8.26. The Bertz CT molecular complexity index is 311. The number of ether oxygens (including phenoxy) is 3. The standard InChI is InChI=1S/C13H20O4/c1-3-17-13(14)10-4-9-6-12(9)11(5-10)7-16-8-15-2/h5,9,11-12H,3-4,6-8H2,1-2H3/t9?,11-,12+/m0/s1. The Kier molecular flexibility index (Phi) is 4.18. The van der Waals surface area contributed by atoms with Crippen molar-refractivity contribution in [3.8, 4) is 0 Å². The predicted octanol–water partition coefficient (Wildman–Crippen LogP) is 1.75. The van der Waals surface area contributed by atoms with Gasteiger partial charge in [-0.3, -0.25) is 0 Å². The zero-order chi connectivity index (χ0) is 12.3. The van der Waals surface area contributed by atoms with Crippen LogP contribution in [-0.4, -0.2) is 33.1 Å². The van der Waals surface area contributed by atoms with E-state index in [1.165, 1.54) is 6.42 Å². The molecule has 0 aromatic heterocycles. The summed E-state index contributed by atoms with van der Waals surface area (Å²) in [5.41, 5.74) is 0.830. The minimum Gasteiger partial charge on any atom is -0.463 e. The topological polar surface area (TPSA) is 44.8 Å². The van der Waals surface area contributed by atoms with E-state index in [2.05, 4.69) is 0 Å². The van der Waals surface area contributed by atoms with Crippen LogP contribution in [0.15, 0.2) is 11.6 Å². The van der Waals surface area contributed by atoms with Crippen LogP contribution in [0.3, 0.4) is 0 Å². The Balaban J connectivity index is 1.91. The number of carbonyl (C=O) groups excluding carboxylic acids is 1. The molecule has 0 heterocycles. The molecule has 0 radical (unpaired) electrons. The predicted molar refractivity (Wildman–Crippen MR) is 62.2 cm³/mol. The zero-order valence-electron chi connectivity index (χ0n) is 10.5. The molecule has 0 aromatic carbocycles. The monoisotopic (exact) mass is 240 g/mol. The lowest BCUT2D eigenvalue weighted by Crippen LogP contribution is -2.19. The van der Waals surface area contributed by atoms with Crippen molar-refractivity contribution in [1.29, 1.82) is 0 Å². The lowest BCUT2D eigenvalue weighted by atomic mass is 9.91. The third-order valence-corrected chi connectivity index (χ3v) is 3.47. The molecule has 4 heteroatoms. The summed E-state index contributed by atoms with van der Waals surface area (Å²) in [5.74, 6) is 1.55. The van der Waals surface area contributed by atoms with Gasteiger partial charge in [0.25, 0.3) is 0 Å². The van der Waals surface area contributed by atoms with E-state index >= 15 is 0 Å². The molecule has 0 bridgehead atoms. The van der Waals surface area contributed by atoms with E-state index in [1.807, 2.05) is 13.0 Å². The lowest BCUT2D eigenvalue weighted by molar-refractivity contribution is -0.138. The minimum atomic E-state index is -0.158. The molecule has 0 amide bonds. The van der Waals surface area contributed by atoms with Crippen molar-refractivity contribution in [1.82, 2.24) is 0 Å². The fourth-order valence-electron chi connectivity index (χ4n) is 2.58.